The number of rotatable bonds is 6. The molecule has 0 aliphatic carbocycles. The number of nitrogens with one attached hydrogen (secondary N) is 1. The third-order valence-corrected chi connectivity index (χ3v) is 4.09. The number of nitrogens with zero attached hydrogens (tertiary/aromatic N) is 2. The number of anilines is 2. The van der Waals surface area contributed by atoms with Gasteiger partial charge in [0.15, 0.2) is 0 Å². The van der Waals surface area contributed by atoms with Gasteiger partial charge in [0.2, 0.25) is 0 Å². The first-order chi connectivity index (χ1) is 13.7. The summed E-state index contributed by atoms with van der Waals surface area (Å²) >= 11 is 0. The van der Waals surface area contributed by atoms with Crippen LogP contribution in [0.4, 0.5) is 24.7 Å². The van der Waals surface area contributed by atoms with Crippen LogP contribution in [-0.4, -0.2) is 22.1 Å². The molecule has 0 unspecified atom stereocenters. The van der Waals surface area contributed by atoms with E-state index in [1.165, 1.54) is 37.5 Å². The lowest BCUT2D eigenvalue weighted by atomic mass is 10.0. The molecule has 0 bridgehead atoms. The largest absolute Gasteiger partial charge is 0.573 e. The lowest BCUT2D eigenvalue weighted by molar-refractivity contribution is -0.274. The number of aromatic nitrogens is 2. The number of ether oxygens (including phenoxy) is 1. The van der Waals surface area contributed by atoms with Gasteiger partial charge in [-0.05, 0) is 49.7 Å². The second kappa shape index (κ2) is 8.30. The van der Waals surface area contributed by atoms with Crippen molar-refractivity contribution in [3.63, 3.8) is 0 Å². The zero-order valence-electron chi connectivity index (χ0n) is 15.7. The van der Waals surface area contributed by atoms with E-state index in [2.05, 4.69) is 20.0 Å². The van der Waals surface area contributed by atoms with Crippen LogP contribution < -0.4 is 10.1 Å². The van der Waals surface area contributed by atoms with Crippen LogP contribution in [0, 0.1) is 6.92 Å². The average Bonchev–Trinajstić information content (AvgIpc) is 2.63. The van der Waals surface area contributed by atoms with Gasteiger partial charge >= 0.3 is 6.36 Å². The minimum Gasteiger partial charge on any atom is -0.406 e. The number of carbonyl (C=O) groups excluding carboxylic acids is 1. The van der Waals surface area contributed by atoms with Crippen LogP contribution in [-0.2, 0) is 11.2 Å². The number of benzene rings is 2. The van der Waals surface area contributed by atoms with Crippen molar-refractivity contribution < 1.29 is 22.7 Å². The molecule has 5 nitrogen and oxygen atoms in total. The average molecular weight is 401 g/mol. The van der Waals surface area contributed by atoms with Gasteiger partial charge in [-0.3, -0.25) is 4.79 Å². The highest BCUT2D eigenvalue weighted by atomic mass is 19.4. The molecule has 0 saturated carbocycles. The summed E-state index contributed by atoms with van der Waals surface area (Å²) in [5.41, 5.74) is 3.76. The van der Waals surface area contributed by atoms with Crippen LogP contribution in [0.5, 0.6) is 5.75 Å². The van der Waals surface area contributed by atoms with E-state index >= 15 is 0 Å². The van der Waals surface area contributed by atoms with Crippen LogP contribution in [0.1, 0.15) is 18.1 Å². The predicted octanol–water partition coefficient (Wildman–Crippen LogP) is 5.23. The molecule has 8 heteroatoms. The molecule has 1 N–H and O–H groups in total. The zero-order chi connectivity index (χ0) is 21.0. The predicted molar refractivity (Wildman–Crippen MR) is 103 cm³/mol. The molecule has 0 aliphatic rings. The van der Waals surface area contributed by atoms with Crippen LogP contribution in [0.25, 0.3) is 11.3 Å². The normalized spacial score (nSPS) is 11.2. The molecular weight excluding hydrogens is 383 g/mol. The molecular formula is C21H18F3N3O2. The molecule has 150 valence electrons. The topological polar surface area (TPSA) is 64.1 Å². The second-order valence-electron chi connectivity index (χ2n) is 6.47. The molecule has 29 heavy (non-hydrogen) atoms. The van der Waals surface area contributed by atoms with Gasteiger partial charge in [0.25, 0.3) is 0 Å². The number of carbonyl (C=O) groups is 1. The number of hydrogen-bond donors (Lipinski definition) is 1. The van der Waals surface area contributed by atoms with Crippen molar-refractivity contribution in [1.82, 2.24) is 9.97 Å². The van der Waals surface area contributed by atoms with Gasteiger partial charge in [-0.2, -0.15) is 0 Å². The summed E-state index contributed by atoms with van der Waals surface area (Å²) in [7, 11) is 0. The molecule has 3 rings (SSSR count). The van der Waals surface area contributed by atoms with Gasteiger partial charge in [0, 0.05) is 23.2 Å². The lowest BCUT2D eigenvalue weighted by Gasteiger charge is -2.13. The highest BCUT2D eigenvalue weighted by Crippen LogP contribution is 2.29. The maximum atomic E-state index is 12.3. The summed E-state index contributed by atoms with van der Waals surface area (Å²) < 4.78 is 40.7. The molecule has 2 aromatic carbocycles. The van der Waals surface area contributed by atoms with Crippen molar-refractivity contribution in [2.24, 2.45) is 0 Å². The van der Waals surface area contributed by atoms with Crippen molar-refractivity contribution in [3.05, 3.63) is 66.0 Å². The van der Waals surface area contributed by atoms with E-state index in [1.807, 2.05) is 31.2 Å². The molecule has 0 aliphatic heterocycles. The molecule has 0 atom stereocenters. The van der Waals surface area contributed by atoms with Crippen molar-refractivity contribution >= 4 is 17.3 Å². The summed E-state index contributed by atoms with van der Waals surface area (Å²) in [6.45, 7) is 3.38. The number of hydrogen-bond acceptors (Lipinski definition) is 5. The first kappa shape index (κ1) is 20.3. The third-order valence-electron chi connectivity index (χ3n) is 4.09. The first-order valence-electron chi connectivity index (χ1n) is 8.74. The minimum atomic E-state index is -4.73. The molecule has 1 heterocycles. The van der Waals surface area contributed by atoms with Crippen molar-refractivity contribution in [3.8, 4) is 17.0 Å². The quantitative estimate of drug-likeness (QED) is 0.613. The Morgan fingerprint density at radius 3 is 2.48 bits per heavy atom. The van der Waals surface area contributed by atoms with Crippen LogP contribution >= 0.6 is 0 Å². The maximum absolute atomic E-state index is 12.3. The van der Waals surface area contributed by atoms with Gasteiger partial charge in [-0.25, -0.2) is 9.97 Å². The van der Waals surface area contributed by atoms with Crippen LogP contribution in [0.2, 0.25) is 0 Å². The number of ketones is 1. The van der Waals surface area contributed by atoms with Gasteiger partial charge in [-0.15, -0.1) is 13.2 Å². The number of alkyl halides is 3. The van der Waals surface area contributed by atoms with Gasteiger partial charge in [0.05, 0.1) is 5.69 Å². The summed E-state index contributed by atoms with van der Waals surface area (Å²) in [5.74, 6) is 0.295. The van der Waals surface area contributed by atoms with E-state index in [9.17, 15) is 18.0 Å². The van der Waals surface area contributed by atoms with Crippen molar-refractivity contribution in [2.45, 2.75) is 26.6 Å². The third kappa shape index (κ3) is 5.54. The minimum absolute atomic E-state index is 0.0712. The number of halogens is 3. The Labute approximate surface area is 165 Å². The molecule has 3 aromatic rings. The Morgan fingerprint density at radius 1 is 1.10 bits per heavy atom. The summed E-state index contributed by atoms with van der Waals surface area (Å²) in [5, 5.41) is 3.08. The van der Waals surface area contributed by atoms with E-state index in [0.29, 0.717) is 23.6 Å². The summed E-state index contributed by atoms with van der Waals surface area (Å²) in [4.78, 5) is 19.9. The molecule has 0 amide bonds. The monoisotopic (exact) mass is 401 g/mol. The van der Waals surface area contributed by atoms with Crippen molar-refractivity contribution in [1.29, 1.82) is 0 Å². The Hall–Kier alpha value is -3.42. The fourth-order valence-corrected chi connectivity index (χ4v) is 2.86. The summed E-state index contributed by atoms with van der Waals surface area (Å²) in [6.07, 6.45) is -2.98. The molecule has 0 spiro atoms. The van der Waals surface area contributed by atoms with Crippen LogP contribution in [0.3, 0.4) is 0 Å². The Kier molecular flexibility index (Phi) is 5.81. The SMILES string of the molecule is CC(=O)Cc1cccc(-c2ncnc(Nc3ccc(OC(F)(F)F)cc3)c2C)c1. The van der Waals surface area contributed by atoms with Crippen molar-refractivity contribution in [2.75, 3.05) is 5.32 Å². The smallest absolute Gasteiger partial charge is 0.406 e. The van der Waals surface area contributed by atoms with Gasteiger partial charge < -0.3 is 10.1 Å². The van der Waals surface area contributed by atoms with E-state index < -0.39 is 6.36 Å². The Balaban J connectivity index is 1.83. The molecule has 0 saturated heterocycles. The second-order valence-corrected chi connectivity index (χ2v) is 6.47. The van der Waals surface area contributed by atoms with Gasteiger partial charge in [0.1, 0.15) is 23.7 Å². The highest BCUT2D eigenvalue weighted by molar-refractivity contribution is 5.79. The van der Waals surface area contributed by atoms with E-state index in [0.717, 1.165) is 16.7 Å². The molecule has 1 aromatic heterocycles. The fourth-order valence-electron chi connectivity index (χ4n) is 2.86. The Bertz CT molecular complexity index is 1020. The Morgan fingerprint density at radius 2 is 1.83 bits per heavy atom. The number of Topliss-reactive ketones (excluding diaryl/α,β-unsaturated/α-hetero) is 1. The molecule has 0 radical (unpaired) electrons. The van der Waals surface area contributed by atoms with Crippen LogP contribution in [0.15, 0.2) is 54.9 Å². The fraction of sp³-hybridized carbons (Fsp3) is 0.190. The maximum Gasteiger partial charge on any atom is 0.573 e. The van der Waals surface area contributed by atoms with E-state index in [1.54, 1.807) is 0 Å². The van der Waals surface area contributed by atoms with Gasteiger partial charge in [-0.1, -0.05) is 18.2 Å². The first-order valence-corrected chi connectivity index (χ1v) is 8.74. The highest BCUT2D eigenvalue weighted by Gasteiger charge is 2.30. The lowest BCUT2D eigenvalue weighted by Crippen LogP contribution is -2.17. The summed E-state index contributed by atoms with van der Waals surface area (Å²) in [6, 6.07) is 12.9. The molecule has 0 fully saturated rings. The van der Waals surface area contributed by atoms with E-state index in [-0.39, 0.29) is 11.5 Å². The zero-order valence-corrected chi connectivity index (χ0v) is 15.7. The van der Waals surface area contributed by atoms with E-state index in [4.69, 9.17) is 0 Å². The standard InChI is InChI=1S/C21H18F3N3O2/c1-13(28)10-15-4-3-5-16(11-15)19-14(2)20(26-12-25-19)27-17-6-8-18(9-7-17)29-21(22,23)24/h3-9,11-12H,10H2,1-2H3,(H,25,26,27).